The minimum absolute atomic E-state index is 0.00757. The lowest BCUT2D eigenvalue weighted by Gasteiger charge is -2.44. The first kappa shape index (κ1) is 15.8. The topological polar surface area (TPSA) is 75.6 Å². The highest BCUT2D eigenvalue weighted by Gasteiger charge is 2.50. The van der Waals surface area contributed by atoms with Gasteiger partial charge >= 0.3 is 5.97 Å². The summed E-state index contributed by atoms with van der Waals surface area (Å²) < 4.78 is 5.16. The van der Waals surface area contributed by atoms with Crippen LogP contribution in [0.4, 0.5) is 0 Å². The number of methoxy groups -OCH3 is 1. The third-order valence-corrected chi connectivity index (χ3v) is 5.35. The smallest absolute Gasteiger partial charge is 0.306 e. The molecule has 1 amide bonds. The molecular formula is C18H23NO4. The first-order valence-corrected chi connectivity index (χ1v) is 8.09. The largest absolute Gasteiger partial charge is 0.497 e. The van der Waals surface area contributed by atoms with Gasteiger partial charge in [-0.05, 0) is 49.3 Å². The molecule has 5 heteroatoms. The summed E-state index contributed by atoms with van der Waals surface area (Å²) >= 11 is 0. The van der Waals surface area contributed by atoms with Crippen LogP contribution in [0.1, 0.15) is 44.1 Å². The third kappa shape index (κ3) is 3.05. The molecule has 23 heavy (non-hydrogen) atoms. The number of benzene rings is 1. The van der Waals surface area contributed by atoms with Crippen LogP contribution >= 0.6 is 0 Å². The molecule has 124 valence electrons. The Labute approximate surface area is 136 Å². The Bertz CT molecular complexity index is 598. The molecule has 0 aliphatic heterocycles. The number of carbonyl (C=O) groups is 2. The highest BCUT2D eigenvalue weighted by molar-refractivity contribution is 5.86. The van der Waals surface area contributed by atoms with E-state index in [2.05, 4.69) is 17.4 Å². The summed E-state index contributed by atoms with van der Waals surface area (Å²) in [5, 5.41) is 12.0. The number of ether oxygens (including phenoxy) is 1. The number of aliphatic carboxylic acids is 1. The first-order valence-electron chi connectivity index (χ1n) is 8.09. The van der Waals surface area contributed by atoms with Crippen LogP contribution in [-0.2, 0) is 9.59 Å². The molecule has 0 spiro atoms. The van der Waals surface area contributed by atoms with Gasteiger partial charge in [0.15, 0.2) is 0 Å². The predicted molar refractivity (Wildman–Crippen MR) is 85.4 cm³/mol. The fourth-order valence-electron chi connectivity index (χ4n) is 3.63. The third-order valence-electron chi connectivity index (χ3n) is 5.35. The zero-order valence-electron chi connectivity index (χ0n) is 13.5. The van der Waals surface area contributed by atoms with E-state index in [1.807, 2.05) is 19.1 Å². The molecule has 0 bridgehead atoms. The average Bonchev–Trinajstić information content (AvgIpc) is 2.47. The highest BCUT2D eigenvalue weighted by atomic mass is 16.5. The van der Waals surface area contributed by atoms with E-state index in [0.717, 1.165) is 18.6 Å². The molecule has 0 heterocycles. The Morgan fingerprint density at radius 1 is 1.22 bits per heavy atom. The van der Waals surface area contributed by atoms with E-state index < -0.39 is 11.4 Å². The Kier molecular flexibility index (Phi) is 4.04. The molecular weight excluding hydrogens is 294 g/mol. The van der Waals surface area contributed by atoms with Crippen LogP contribution in [-0.4, -0.2) is 30.1 Å². The zero-order chi connectivity index (χ0) is 16.6. The fourth-order valence-corrected chi connectivity index (χ4v) is 3.63. The fraction of sp³-hybridized carbons (Fsp3) is 0.556. The van der Waals surface area contributed by atoms with Gasteiger partial charge in [-0.1, -0.05) is 19.1 Å². The number of carboxylic acid groups (broad SMARTS) is 1. The molecule has 1 aromatic carbocycles. The van der Waals surface area contributed by atoms with Crippen LogP contribution in [0.15, 0.2) is 24.3 Å². The van der Waals surface area contributed by atoms with Gasteiger partial charge in [0.1, 0.15) is 5.75 Å². The number of carboxylic acids is 1. The molecule has 2 aliphatic rings. The lowest BCUT2D eigenvalue weighted by molar-refractivity contribution is -0.155. The van der Waals surface area contributed by atoms with Crippen molar-refractivity contribution < 1.29 is 19.4 Å². The lowest BCUT2D eigenvalue weighted by atomic mass is 9.62. The van der Waals surface area contributed by atoms with E-state index in [9.17, 15) is 9.59 Å². The maximum atomic E-state index is 12.3. The maximum absolute atomic E-state index is 12.3. The van der Waals surface area contributed by atoms with Gasteiger partial charge in [0.25, 0.3) is 0 Å². The summed E-state index contributed by atoms with van der Waals surface area (Å²) in [6, 6.07) is 8.28. The lowest BCUT2D eigenvalue weighted by Crippen LogP contribution is -2.54. The SMILES string of the molecule is COc1ccc(C2CC(NC(=O)C3(C)CC(C(=O)O)C3)C2)cc1. The number of rotatable bonds is 5. The summed E-state index contributed by atoms with van der Waals surface area (Å²) in [6.07, 6.45) is 2.78. The molecule has 3 rings (SSSR count). The van der Waals surface area contributed by atoms with E-state index >= 15 is 0 Å². The summed E-state index contributed by atoms with van der Waals surface area (Å²) in [7, 11) is 1.65. The van der Waals surface area contributed by atoms with Crippen LogP contribution in [0.5, 0.6) is 5.75 Å². The van der Waals surface area contributed by atoms with E-state index in [4.69, 9.17) is 9.84 Å². The van der Waals surface area contributed by atoms with E-state index in [0.29, 0.717) is 18.8 Å². The van der Waals surface area contributed by atoms with E-state index in [1.165, 1.54) is 5.56 Å². The van der Waals surface area contributed by atoms with Crippen LogP contribution < -0.4 is 10.1 Å². The standard InChI is InChI=1S/C18H23NO4/c1-18(9-13(10-18)16(20)21)17(22)19-14-7-12(8-14)11-3-5-15(23-2)6-4-11/h3-6,12-14H,7-10H2,1-2H3,(H,19,22)(H,20,21). The first-order chi connectivity index (χ1) is 10.9. The molecule has 0 radical (unpaired) electrons. The Morgan fingerprint density at radius 2 is 1.83 bits per heavy atom. The van der Waals surface area contributed by atoms with Crippen molar-refractivity contribution >= 4 is 11.9 Å². The van der Waals surface area contributed by atoms with Gasteiger partial charge < -0.3 is 15.2 Å². The normalized spacial score (nSPS) is 32.3. The van der Waals surface area contributed by atoms with Gasteiger partial charge in [0.05, 0.1) is 13.0 Å². The summed E-state index contributed by atoms with van der Waals surface area (Å²) in [6.45, 7) is 1.86. The van der Waals surface area contributed by atoms with Gasteiger partial charge in [0, 0.05) is 11.5 Å². The van der Waals surface area contributed by atoms with Crippen molar-refractivity contribution in [1.29, 1.82) is 0 Å². The molecule has 2 aliphatic carbocycles. The summed E-state index contributed by atoms with van der Waals surface area (Å²) in [5.74, 6) is 0.182. The van der Waals surface area contributed by atoms with Gasteiger partial charge in [0.2, 0.25) is 5.91 Å². The highest BCUT2D eigenvalue weighted by Crippen LogP contribution is 2.46. The Morgan fingerprint density at radius 3 is 2.35 bits per heavy atom. The minimum atomic E-state index is -0.793. The van der Waals surface area contributed by atoms with Crippen molar-refractivity contribution in [3.8, 4) is 5.75 Å². The van der Waals surface area contributed by atoms with Crippen molar-refractivity contribution in [1.82, 2.24) is 5.32 Å². The van der Waals surface area contributed by atoms with Crippen molar-refractivity contribution in [3.05, 3.63) is 29.8 Å². The number of hydrogen-bond acceptors (Lipinski definition) is 3. The number of amides is 1. The summed E-state index contributed by atoms with van der Waals surface area (Å²) in [4.78, 5) is 23.2. The molecule has 2 fully saturated rings. The van der Waals surface area contributed by atoms with Crippen LogP contribution in [0, 0.1) is 11.3 Å². The number of nitrogens with one attached hydrogen (secondary N) is 1. The molecule has 0 saturated heterocycles. The molecule has 1 aromatic rings. The van der Waals surface area contributed by atoms with Gasteiger partial charge in [-0.15, -0.1) is 0 Å². The minimum Gasteiger partial charge on any atom is -0.497 e. The van der Waals surface area contributed by atoms with Gasteiger partial charge in [-0.2, -0.15) is 0 Å². The Balaban J connectivity index is 1.46. The molecule has 0 aromatic heterocycles. The zero-order valence-corrected chi connectivity index (χ0v) is 13.5. The molecule has 2 saturated carbocycles. The van der Waals surface area contributed by atoms with Crippen molar-refractivity contribution in [3.63, 3.8) is 0 Å². The van der Waals surface area contributed by atoms with Crippen LogP contribution in [0.25, 0.3) is 0 Å². The van der Waals surface area contributed by atoms with Gasteiger partial charge in [-0.3, -0.25) is 9.59 Å². The summed E-state index contributed by atoms with van der Waals surface area (Å²) in [5.41, 5.74) is 0.769. The number of carbonyl (C=O) groups excluding carboxylic acids is 1. The second-order valence-electron chi connectivity index (χ2n) is 7.12. The molecule has 0 atom stereocenters. The second-order valence-corrected chi connectivity index (χ2v) is 7.12. The second kappa shape index (κ2) is 5.87. The van der Waals surface area contributed by atoms with Crippen molar-refractivity contribution in [2.45, 2.75) is 44.6 Å². The van der Waals surface area contributed by atoms with Gasteiger partial charge in [-0.25, -0.2) is 0 Å². The molecule has 2 N–H and O–H groups in total. The van der Waals surface area contributed by atoms with Crippen molar-refractivity contribution in [2.24, 2.45) is 11.3 Å². The Hall–Kier alpha value is -2.04. The molecule has 0 unspecified atom stereocenters. The molecule has 5 nitrogen and oxygen atoms in total. The van der Waals surface area contributed by atoms with Crippen LogP contribution in [0.3, 0.4) is 0 Å². The average molecular weight is 317 g/mol. The van der Waals surface area contributed by atoms with Crippen molar-refractivity contribution in [2.75, 3.05) is 7.11 Å². The van der Waals surface area contributed by atoms with E-state index in [-0.39, 0.29) is 17.9 Å². The maximum Gasteiger partial charge on any atom is 0.306 e. The predicted octanol–water partition coefficient (Wildman–Crippen LogP) is 2.56. The monoisotopic (exact) mass is 317 g/mol. The van der Waals surface area contributed by atoms with E-state index in [1.54, 1.807) is 7.11 Å². The van der Waals surface area contributed by atoms with Crippen LogP contribution in [0.2, 0.25) is 0 Å². The quantitative estimate of drug-likeness (QED) is 0.875. The number of hydrogen-bond donors (Lipinski definition) is 2.